The molecule has 7 heteroatoms. The first-order valence-electron chi connectivity index (χ1n) is 14.4. The van der Waals surface area contributed by atoms with Crippen LogP contribution in [0.1, 0.15) is 66.3 Å². The van der Waals surface area contributed by atoms with Crippen molar-refractivity contribution in [3.05, 3.63) is 113 Å². The largest absolute Gasteiger partial charge is 0.303 e. The number of benzene rings is 3. The van der Waals surface area contributed by atoms with Gasteiger partial charge >= 0.3 is 0 Å². The van der Waals surface area contributed by atoms with Crippen LogP contribution in [0.2, 0.25) is 0 Å². The fraction of sp³-hybridized carbons (Fsp3) is 0.324. The summed E-state index contributed by atoms with van der Waals surface area (Å²) in [6.45, 7) is 2.82. The van der Waals surface area contributed by atoms with Crippen LogP contribution >= 0.6 is 12.4 Å². The highest BCUT2D eigenvalue weighted by Gasteiger charge is 2.20. The monoisotopic (exact) mass is 590 g/mol. The average Bonchev–Trinajstić information content (AvgIpc) is 3.17. The van der Waals surface area contributed by atoms with Crippen LogP contribution in [0.15, 0.2) is 84.9 Å². The molecule has 0 saturated carbocycles. The van der Waals surface area contributed by atoms with Gasteiger partial charge in [0.25, 0.3) is 5.91 Å². The van der Waals surface area contributed by atoms with Crippen LogP contribution in [0.25, 0.3) is 17.2 Å². The summed E-state index contributed by atoms with van der Waals surface area (Å²) in [5, 5.41) is 0. The molecule has 5 nitrogen and oxygen atoms in total. The third-order valence-corrected chi connectivity index (χ3v) is 9.14. The lowest BCUT2D eigenvalue weighted by atomic mass is 9.87. The molecule has 1 aliphatic heterocycles. The predicted octanol–water partition coefficient (Wildman–Crippen LogP) is 6.74. The molecule has 1 N–H and O–H groups in total. The Bertz CT molecular complexity index is 1480. The van der Waals surface area contributed by atoms with Gasteiger partial charge in [-0.1, -0.05) is 85.3 Å². The third kappa shape index (κ3) is 8.41. The van der Waals surface area contributed by atoms with Gasteiger partial charge in [0.15, 0.2) is 0 Å². The maximum Gasteiger partial charge on any atom is 0.257 e. The van der Waals surface area contributed by atoms with E-state index < -0.39 is 15.9 Å². The molecule has 216 valence electrons. The highest BCUT2D eigenvalue weighted by atomic mass is 35.5. The van der Waals surface area contributed by atoms with Crippen molar-refractivity contribution in [2.24, 2.45) is 0 Å². The van der Waals surface area contributed by atoms with Crippen LogP contribution in [-0.4, -0.2) is 44.6 Å². The second kappa shape index (κ2) is 14.6. The van der Waals surface area contributed by atoms with Gasteiger partial charge in [-0.25, -0.2) is 13.1 Å². The zero-order chi connectivity index (χ0) is 27.8. The summed E-state index contributed by atoms with van der Waals surface area (Å²) in [5.74, 6) is -0.660. The number of hydrogen-bond donors (Lipinski definition) is 1. The molecular weight excluding hydrogens is 552 g/mol. The molecule has 3 aromatic rings. The number of fused-ring (bicyclic) bond motifs is 1. The normalized spacial score (nSPS) is 16.1. The second-order valence-corrected chi connectivity index (χ2v) is 12.6. The van der Waals surface area contributed by atoms with Crippen LogP contribution in [0, 0.1) is 0 Å². The number of carbonyl (C=O) groups excluding carboxylic acids is 1. The molecule has 0 aromatic heterocycles. The van der Waals surface area contributed by atoms with Gasteiger partial charge in [0.2, 0.25) is 10.0 Å². The lowest BCUT2D eigenvalue weighted by molar-refractivity contribution is -0.114. The van der Waals surface area contributed by atoms with E-state index in [0.717, 1.165) is 50.0 Å². The molecule has 5 rings (SSSR count). The Balaban J connectivity index is 0.00000387. The summed E-state index contributed by atoms with van der Waals surface area (Å²) < 4.78 is 27.0. The van der Waals surface area contributed by atoms with Gasteiger partial charge in [-0.2, -0.15) is 0 Å². The molecule has 41 heavy (non-hydrogen) atoms. The van der Waals surface area contributed by atoms with Crippen molar-refractivity contribution in [2.75, 3.05) is 25.4 Å². The van der Waals surface area contributed by atoms with E-state index in [0.29, 0.717) is 6.42 Å². The molecule has 1 saturated heterocycles. The standard InChI is InChI=1S/C34H38N2O3S.ClH/c37-33(35-40(38,39)26-10-25-36-23-7-2-8-24-36)22-19-27-17-20-30(21-18-27)34-31-15-6-5-13-29(31)14-9-16-32(34)28-11-3-1-4-12-28;/h1,3-6,11-13,15,17-22H,2,7-10,14,16,23-26H2,(H,35,37);1H/b22-19+;. The summed E-state index contributed by atoms with van der Waals surface area (Å²) in [5.41, 5.74) is 8.44. The number of rotatable bonds is 9. The number of aryl methyl sites for hydroxylation is 1. The van der Waals surface area contributed by atoms with E-state index in [1.165, 1.54) is 53.2 Å². The minimum Gasteiger partial charge on any atom is -0.303 e. The SMILES string of the molecule is Cl.O=C(/C=C/c1ccc(C2=C(c3ccccc3)CCCc3ccccc32)cc1)NS(=O)(=O)CCCN1CCCCC1. The van der Waals surface area contributed by atoms with Gasteiger partial charge in [0, 0.05) is 6.08 Å². The van der Waals surface area contributed by atoms with Crippen molar-refractivity contribution in [2.45, 2.75) is 44.9 Å². The lowest BCUT2D eigenvalue weighted by Crippen LogP contribution is -2.34. The first kappa shape index (κ1) is 30.8. The number of nitrogens with zero attached hydrogens (tertiary/aromatic N) is 1. The molecule has 0 radical (unpaired) electrons. The Hall–Kier alpha value is -3.19. The number of likely N-dealkylation sites (tertiary alicyclic amines) is 1. The fourth-order valence-corrected chi connectivity index (χ4v) is 6.80. The van der Waals surface area contributed by atoms with Crippen LogP contribution in [0.4, 0.5) is 0 Å². The van der Waals surface area contributed by atoms with E-state index >= 15 is 0 Å². The number of nitrogens with one attached hydrogen (secondary N) is 1. The number of carbonyl (C=O) groups is 1. The summed E-state index contributed by atoms with van der Waals surface area (Å²) in [6, 6.07) is 27.4. The number of hydrogen-bond acceptors (Lipinski definition) is 4. The summed E-state index contributed by atoms with van der Waals surface area (Å²) >= 11 is 0. The number of amides is 1. The number of allylic oxidation sites excluding steroid dienone is 1. The summed E-state index contributed by atoms with van der Waals surface area (Å²) in [7, 11) is -3.66. The van der Waals surface area contributed by atoms with E-state index in [-0.39, 0.29) is 18.2 Å². The van der Waals surface area contributed by atoms with E-state index in [4.69, 9.17) is 0 Å². The van der Waals surface area contributed by atoms with Crippen molar-refractivity contribution >= 4 is 45.6 Å². The first-order valence-corrected chi connectivity index (χ1v) is 16.1. The molecule has 1 amide bonds. The topological polar surface area (TPSA) is 66.5 Å². The first-order chi connectivity index (χ1) is 19.5. The molecular formula is C34H39ClN2O3S. The van der Waals surface area contributed by atoms with Crippen molar-refractivity contribution in [1.29, 1.82) is 0 Å². The summed E-state index contributed by atoms with van der Waals surface area (Å²) in [6.07, 6.45) is 10.2. The van der Waals surface area contributed by atoms with E-state index in [1.807, 2.05) is 18.2 Å². The number of sulfonamides is 1. The highest BCUT2D eigenvalue weighted by Crippen LogP contribution is 2.39. The molecule has 0 bridgehead atoms. The number of halogens is 1. The zero-order valence-corrected chi connectivity index (χ0v) is 25.1. The van der Waals surface area contributed by atoms with Gasteiger partial charge in [-0.3, -0.25) is 4.79 Å². The quantitative estimate of drug-likeness (QED) is 0.280. The molecule has 3 aromatic carbocycles. The highest BCUT2D eigenvalue weighted by molar-refractivity contribution is 7.90. The van der Waals surface area contributed by atoms with Gasteiger partial charge < -0.3 is 4.90 Å². The molecule has 1 fully saturated rings. The lowest BCUT2D eigenvalue weighted by Gasteiger charge is -2.26. The van der Waals surface area contributed by atoms with Gasteiger partial charge in [-0.05, 0) is 103 Å². The maximum absolute atomic E-state index is 12.4. The smallest absolute Gasteiger partial charge is 0.257 e. The Morgan fingerprint density at radius 2 is 1.51 bits per heavy atom. The predicted molar refractivity (Wildman–Crippen MR) is 171 cm³/mol. The van der Waals surface area contributed by atoms with Gasteiger partial charge in [0.05, 0.1) is 5.75 Å². The van der Waals surface area contributed by atoms with Crippen molar-refractivity contribution in [1.82, 2.24) is 9.62 Å². The van der Waals surface area contributed by atoms with Gasteiger partial charge in [-0.15, -0.1) is 12.4 Å². The number of piperidine rings is 1. The Morgan fingerprint density at radius 1 is 0.805 bits per heavy atom. The minimum absolute atomic E-state index is 0. The molecule has 0 unspecified atom stereocenters. The van der Waals surface area contributed by atoms with E-state index in [1.54, 1.807) is 6.08 Å². The zero-order valence-electron chi connectivity index (χ0n) is 23.4. The Morgan fingerprint density at radius 3 is 2.27 bits per heavy atom. The van der Waals surface area contributed by atoms with E-state index in [2.05, 4.69) is 70.3 Å². The van der Waals surface area contributed by atoms with Crippen LogP contribution in [0.5, 0.6) is 0 Å². The van der Waals surface area contributed by atoms with Gasteiger partial charge in [0.1, 0.15) is 0 Å². The maximum atomic E-state index is 12.4. The fourth-order valence-electron chi connectivity index (χ4n) is 5.82. The van der Waals surface area contributed by atoms with Crippen LogP contribution < -0.4 is 4.72 Å². The van der Waals surface area contributed by atoms with E-state index in [9.17, 15) is 13.2 Å². The molecule has 2 aliphatic rings. The summed E-state index contributed by atoms with van der Waals surface area (Å²) in [4.78, 5) is 14.7. The molecule has 0 atom stereocenters. The molecule has 1 heterocycles. The van der Waals surface area contributed by atoms with Crippen molar-refractivity contribution in [3.8, 4) is 0 Å². The molecule has 1 aliphatic carbocycles. The van der Waals surface area contributed by atoms with Crippen LogP contribution in [-0.2, 0) is 21.2 Å². The Labute approximate surface area is 250 Å². The van der Waals surface area contributed by atoms with Crippen molar-refractivity contribution in [3.63, 3.8) is 0 Å². The average molecular weight is 591 g/mol. The van der Waals surface area contributed by atoms with Crippen LogP contribution in [0.3, 0.4) is 0 Å². The molecule has 0 spiro atoms. The third-order valence-electron chi connectivity index (χ3n) is 7.80. The second-order valence-electron chi connectivity index (χ2n) is 10.7. The minimum atomic E-state index is -3.66. The Kier molecular flexibility index (Phi) is 11.0. The van der Waals surface area contributed by atoms with Crippen molar-refractivity contribution < 1.29 is 13.2 Å².